The van der Waals surface area contributed by atoms with Gasteiger partial charge in [0.15, 0.2) is 11.5 Å². The van der Waals surface area contributed by atoms with Crippen LogP contribution in [-0.2, 0) is 26.0 Å². The van der Waals surface area contributed by atoms with Crippen molar-refractivity contribution in [2.45, 2.75) is 30.1 Å². The molecule has 10 nitrogen and oxygen atoms in total. The molecule has 2 N–H and O–H groups in total. The zero-order valence-corrected chi connectivity index (χ0v) is 21.6. The third-order valence-corrected chi connectivity index (χ3v) is 8.44. The van der Waals surface area contributed by atoms with Gasteiger partial charge in [-0.05, 0) is 60.9 Å². The Morgan fingerprint density at radius 2 is 1.84 bits per heavy atom. The van der Waals surface area contributed by atoms with Crippen LogP contribution in [0, 0.1) is 5.92 Å². The predicted molar refractivity (Wildman–Crippen MR) is 136 cm³/mol. The Kier molecular flexibility index (Phi) is 8.16. The molecule has 2 aliphatic heterocycles. The maximum Gasteiger partial charge on any atom is 0.251 e. The molecular weight excluding hydrogens is 498 g/mol. The molecule has 11 heteroatoms. The third-order valence-electron chi connectivity index (χ3n) is 6.59. The van der Waals surface area contributed by atoms with E-state index in [-0.39, 0.29) is 35.3 Å². The number of amides is 2. The molecule has 2 aliphatic rings. The van der Waals surface area contributed by atoms with Crippen molar-refractivity contribution in [2.24, 2.45) is 5.92 Å². The zero-order valence-electron chi connectivity index (χ0n) is 20.8. The van der Waals surface area contributed by atoms with Crippen LogP contribution in [0.5, 0.6) is 11.5 Å². The van der Waals surface area contributed by atoms with Gasteiger partial charge >= 0.3 is 0 Å². The highest BCUT2D eigenvalue weighted by Gasteiger charge is 2.46. The minimum Gasteiger partial charge on any atom is -0.493 e. The minimum absolute atomic E-state index is 0.000566. The average molecular weight is 530 g/mol. The number of benzene rings is 2. The molecule has 0 bridgehead atoms. The fraction of sp³-hybridized carbons (Fsp3) is 0.385. The van der Waals surface area contributed by atoms with E-state index in [1.165, 1.54) is 34.6 Å². The van der Waals surface area contributed by atoms with Crippen LogP contribution >= 0.6 is 0 Å². The normalized spacial score (nSPS) is 21.2. The van der Waals surface area contributed by atoms with Crippen molar-refractivity contribution in [3.63, 3.8) is 0 Å². The summed E-state index contributed by atoms with van der Waals surface area (Å²) >= 11 is 0. The van der Waals surface area contributed by atoms with Gasteiger partial charge in [-0.25, -0.2) is 8.42 Å². The van der Waals surface area contributed by atoms with Crippen LogP contribution < -0.4 is 20.1 Å². The molecule has 0 spiro atoms. The highest BCUT2D eigenvalue weighted by atomic mass is 32.2. The van der Waals surface area contributed by atoms with Gasteiger partial charge in [-0.3, -0.25) is 9.59 Å². The number of carbonyl (C=O) groups excluding carboxylic acids is 2. The minimum atomic E-state index is -3.74. The number of sulfonamides is 1. The Labute approximate surface area is 216 Å². The van der Waals surface area contributed by atoms with Crippen LogP contribution in [-0.4, -0.2) is 70.7 Å². The van der Waals surface area contributed by atoms with Crippen molar-refractivity contribution < 1.29 is 32.2 Å². The maximum atomic E-state index is 13.1. The Morgan fingerprint density at radius 1 is 1.11 bits per heavy atom. The van der Waals surface area contributed by atoms with Gasteiger partial charge < -0.3 is 24.8 Å². The molecule has 3 atom stereocenters. The summed E-state index contributed by atoms with van der Waals surface area (Å²) in [6, 6.07) is 11.5. The Morgan fingerprint density at radius 3 is 2.49 bits per heavy atom. The lowest BCUT2D eigenvalue weighted by Gasteiger charge is -2.19. The van der Waals surface area contributed by atoms with Crippen LogP contribution in [0.2, 0.25) is 0 Å². The van der Waals surface area contributed by atoms with E-state index in [4.69, 9.17) is 14.2 Å². The summed E-state index contributed by atoms with van der Waals surface area (Å²) in [6.45, 7) is 4.35. The summed E-state index contributed by atoms with van der Waals surface area (Å²) < 4.78 is 44.0. The smallest absolute Gasteiger partial charge is 0.251 e. The van der Waals surface area contributed by atoms with Crippen molar-refractivity contribution in [3.05, 3.63) is 66.2 Å². The third kappa shape index (κ3) is 5.95. The van der Waals surface area contributed by atoms with Crippen LogP contribution in [0.4, 0.5) is 0 Å². The van der Waals surface area contributed by atoms with E-state index >= 15 is 0 Å². The monoisotopic (exact) mass is 529 g/mol. The Hall–Kier alpha value is -3.41. The van der Waals surface area contributed by atoms with E-state index in [0.717, 1.165) is 5.56 Å². The lowest BCUT2D eigenvalue weighted by Crippen LogP contribution is -2.37. The summed E-state index contributed by atoms with van der Waals surface area (Å²) in [5.74, 6) is 0.646. The molecular formula is C26H31N3O7S. The molecule has 2 heterocycles. The molecule has 2 amide bonds. The first-order valence-corrected chi connectivity index (χ1v) is 13.4. The lowest BCUT2D eigenvalue weighted by atomic mass is 10.1. The first-order valence-electron chi connectivity index (χ1n) is 11.9. The predicted octanol–water partition coefficient (Wildman–Crippen LogP) is 1.71. The fourth-order valence-electron chi connectivity index (χ4n) is 4.62. The van der Waals surface area contributed by atoms with Crippen molar-refractivity contribution in [1.82, 2.24) is 14.9 Å². The average Bonchev–Trinajstić information content (AvgIpc) is 3.48. The Balaban J connectivity index is 1.30. The molecule has 3 unspecified atom stereocenters. The molecule has 0 saturated carbocycles. The van der Waals surface area contributed by atoms with E-state index in [1.54, 1.807) is 14.2 Å². The van der Waals surface area contributed by atoms with Crippen LogP contribution in [0.1, 0.15) is 22.3 Å². The fourth-order valence-corrected chi connectivity index (χ4v) is 6.13. The van der Waals surface area contributed by atoms with Crippen LogP contribution in [0.3, 0.4) is 0 Å². The molecule has 0 radical (unpaired) electrons. The van der Waals surface area contributed by atoms with Gasteiger partial charge in [-0.2, -0.15) is 4.31 Å². The molecule has 4 rings (SSSR count). The van der Waals surface area contributed by atoms with Gasteiger partial charge in [0.1, 0.15) is 6.23 Å². The lowest BCUT2D eigenvalue weighted by molar-refractivity contribution is -0.120. The highest BCUT2D eigenvalue weighted by Crippen LogP contribution is 2.35. The number of methoxy groups -OCH3 is 2. The second-order valence-corrected chi connectivity index (χ2v) is 10.9. The Bertz CT molecular complexity index is 1250. The summed E-state index contributed by atoms with van der Waals surface area (Å²) in [7, 11) is -0.599. The summed E-state index contributed by atoms with van der Waals surface area (Å²) in [5, 5.41) is 5.55. The molecule has 2 fully saturated rings. The number of hydrogen-bond acceptors (Lipinski definition) is 7. The number of ether oxygens (including phenoxy) is 3. The number of rotatable bonds is 10. The van der Waals surface area contributed by atoms with Gasteiger partial charge in [0.25, 0.3) is 5.91 Å². The zero-order chi connectivity index (χ0) is 26.6. The quantitative estimate of drug-likeness (QED) is 0.449. The standard InChI is InChI=1S/C26H31N3O7S/c1-4-24(30)28-25-14-19-15-29(16-23(19)36-25)37(32,33)20-8-6-18(7-9-20)26(31)27-12-11-17-5-10-21(34-2)22(13-17)35-3/h4-10,13,19,23,25H,1,11-12,14-16H2,2-3H3,(H,27,31)(H,28,30). The summed E-state index contributed by atoms with van der Waals surface area (Å²) in [6.07, 6.45) is 1.60. The molecule has 0 aromatic heterocycles. The number of nitrogens with zero attached hydrogens (tertiary/aromatic N) is 1. The second kappa shape index (κ2) is 11.3. The first-order chi connectivity index (χ1) is 17.7. The molecule has 37 heavy (non-hydrogen) atoms. The summed E-state index contributed by atoms with van der Waals surface area (Å²) in [5.41, 5.74) is 1.35. The van der Waals surface area contributed by atoms with Crippen LogP contribution in [0.25, 0.3) is 0 Å². The molecule has 0 aliphatic carbocycles. The highest BCUT2D eigenvalue weighted by molar-refractivity contribution is 7.89. The molecule has 198 valence electrons. The van der Waals surface area contributed by atoms with Crippen LogP contribution in [0.15, 0.2) is 60.0 Å². The number of nitrogens with one attached hydrogen (secondary N) is 2. The van der Waals surface area contributed by atoms with Gasteiger partial charge in [0.2, 0.25) is 15.9 Å². The van der Waals surface area contributed by atoms with Crippen molar-refractivity contribution in [3.8, 4) is 11.5 Å². The number of carbonyl (C=O) groups is 2. The maximum absolute atomic E-state index is 13.1. The number of hydrogen-bond donors (Lipinski definition) is 2. The van der Waals surface area contributed by atoms with Crippen molar-refractivity contribution >= 4 is 21.8 Å². The van der Waals surface area contributed by atoms with E-state index in [2.05, 4.69) is 17.2 Å². The second-order valence-electron chi connectivity index (χ2n) is 8.91. The van der Waals surface area contributed by atoms with Gasteiger partial charge in [-0.1, -0.05) is 12.6 Å². The van der Waals surface area contributed by atoms with Gasteiger partial charge in [-0.15, -0.1) is 0 Å². The van der Waals surface area contributed by atoms with Crippen molar-refractivity contribution in [1.29, 1.82) is 0 Å². The van der Waals surface area contributed by atoms with E-state index < -0.39 is 16.3 Å². The first kappa shape index (κ1) is 26.6. The van der Waals surface area contributed by atoms with E-state index in [1.807, 2.05) is 18.2 Å². The van der Waals surface area contributed by atoms with Crippen molar-refractivity contribution in [2.75, 3.05) is 33.9 Å². The largest absolute Gasteiger partial charge is 0.493 e. The SMILES string of the molecule is C=CC(=O)NC1CC2CN(S(=O)(=O)c3ccc(C(=O)NCCc4ccc(OC)c(OC)c4)cc3)CC2O1. The topological polar surface area (TPSA) is 123 Å². The van der Waals surface area contributed by atoms with Gasteiger partial charge in [0, 0.05) is 31.1 Å². The van der Waals surface area contributed by atoms with E-state index in [0.29, 0.717) is 43.0 Å². The molecule has 2 saturated heterocycles. The molecule has 2 aromatic rings. The van der Waals surface area contributed by atoms with Gasteiger partial charge in [0.05, 0.1) is 25.2 Å². The summed E-state index contributed by atoms with van der Waals surface area (Å²) in [4.78, 5) is 24.2. The van der Waals surface area contributed by atoms with E-state index in [9.17, 15) is 18.0 Å². The number of fused-ring (bicyclic) bond motifs is 1. The molecule has 2 aromatic carbocycles.